The molecule has 6 nitrogen and oxygen atoms in total. The van der Waals surface area contributed by atoms with Crippen LogP contribution in [0.3, 0.4) is 0 Å². The average Bonchev–Trinajstić information content (AvgIpc) is 3.34. The van der Waals surface area contributed by atoms with Gasteiger partial charge in [0.1, 0.15) is 17.3 Å². The van der Waals surface area contributed by atoms with Gasteiger partial charge < -0.3 is 19.0 Å². The molecule has 1 aromatic heterocycles. The Hall–Kier alpha value is -3.28. The summed E-state index contributed by atoms with van der Waals surface area (Å²) >= 11 is 0. The summed E-state index contributed by atoms with van der Waals surface area (Å²) in [5.74, 6) is 2.41. The number of methoxy groups -OCH3 is 1. The quantitative estimate of drug-likeness (QED) is 0.626. The number of aliphatic carboxylic acids is 1. The van der Waals surface area contributed by atoms with Crippen LogP contribution >= 0.6 is 0 Å². The molecule has 6 heteroatoms. The van der Waals surface area contributed by atoms with Gasteiger partial charge in [-0.25, -0.2) is 4.98 Å². The van der Waals surface area contributed by atoms with Gasteiger partial charge in [0.2, 0.25) is 5.89 Å². The first-order valence-corrected chi connectivity index (χ1v) is 10.0. The maximum atomic E-state index is 9.00. The van der Waals surface area contributed by atoms with E-state index in [4.69, 9.17) is 23.8 Å². The number of carbonyl (C=O) groups is 1. The van der Waals surface area contributed by atoms with Crippen molar-refractivity contribution in [3.05, 3.63) is 65.0 Å². The van der Waals surface area contributed by atoms with Crippen LogP contribution in [0.2, 0.25) is 0 Å². The van der Waals surface area contributed by atoms with Crippen LogP contribution < -0.4 is 9.47 Å². The molecule has 0 atom stereocenters. The maximum absolute atomic E-state index is 9.00. The van der Waals surface area contributed by atoms with Gasteiger partial charge in [0.05, 0.1) is 19.4 Å². The number of benzene rings is 2. The first-order chi connectivity index (χ1) is 14.5. The molecule has 158 valence electrons. The molecule has 1 N–H and O–H groups in total. The molecular formula is C24H27NO5. The molecular weight excluding hydrogens is 382 g/mol. The first kappa shape index (κ1) is 21.4. The molecule has 3 aromatic rings. The third-order valence-corrected chi connectivity index (χ3v) is 4.91. The number of carboxylic acids is 1. The van der Waals surface area contributed by atoms with Crippen LogP contribution in [0.4, 0.5) is 0 Å². The van der Waals surface area contributed by atoms with Gasteiger partial charge >= 0.3 is 0 Å². The van der Waals surface area contributed by atoms with Crippen molar-refractivity contribution in [2.75, 3.05) is 13.7 Å². The molecule has 1 aliphatic carbocycles. The van der Waals surface area contributed by atoms with E-state index >= 15 is 0 Å². The van der Waals surface area contributed by atoms with Gasteiger partial charge in [-0.15, -0.1) is 0 Å². The summed E-state index contributed by atoms with van der Waals surface area (Å²) in [6.07, 6.45) is 4.34. The molecule has 0 amide bonds. The van der Waals surface area contributed by atoms with Crippen LogP contribution in [-0.4, -0.2) is 29.8 Å². The monoisotopic (exact) mass is 409 g/mol. The van der Waals surface area contributed by atoms with Gasteiger partial charge in [-0.05, 0) is 73.7 Å². The highest BCUT2D eigenvalue weighted by molar-refractivity contribution is 5.63. The third kappa shape index (κ3) is 5.63. The number of rotatable bonds is 6. The summed E-state index contributed by atoms with van der Waals surface area (Å²) in [6.45, 7) is 3.62. The lowest BCUT2D eigenvalue weighted by molar-refractivity contribution is -0.134. The fourth-order valence-corrected chi connectivity index (χ4v) is 3.42. The largest absolute Gasteiger partial charge is 0.497 e. The summed E-state index contributed by atoms with van der Waals surface area (Å²) in [5.41, 5.74) is 4.78. The molecule has 4 rings (SSSR count). The van der Waals surface area contributed by atoms with Crippen molar-refractivity contribution in [1.29, 1.82) is 0 Å². The van der Waals surface area contributed by atoms with E-state index in [1.165, 1.54) is 30.4 Å². The van der Waals surface area contributed by atoms with Crippen LogP contribution in [0.1, 0.15) is 35.9 Å². The minimum Gasteiger partial charge on any atom is -0.497 e. The number of fused-ring (bicyclic) bond motifs is 1. The van der Waals surface area contributed by atoms with Crippen LogP contribution in [-0.2, 0) is 24.1 Å². The van der Waals surface area contributed by atoms with E-state index in [9.17, 15) is 0 Å². The predicted molar refractivity (Wildman–Crippen MR) is 114 cm³/mol. The normalized spacial score (nSPS) is 12.0. The van der Waals surface area contributed by atoms with Crippen molar-refractivity contribution in [2.45, 2.75) is 39.5 Å². The number of hydrogen-bond donors (Lipinski definition) is 1. The molecule has 1 heterocycles. The van der Waals surface area contributed by atoms with E-state index in [2.05, 4.69) is 23.2 Å². The minimum atomic E-state index is -0.833. The molecule has 30 heavy (non-hydrogen) atoms. The van der Waals surface area contributed by atoms with Crippen molar-refractivity contribution in [2.24, 2.45) is 0 Å². The Morgan fingerprint density at radius 3 is 2.47 bits per heavy atom. The van der Waals surface area contributed by atoms with Gasteiger partial charge in [0, 0.05) is 18.9 Å². The summed E-state index contributed by atoms with van der Waals surface area (Å²) in [4.78, 5) is 13.6. The Labute approximate surface area is 176 Å². The van der Waals surface area contributed by atoms with Crippen molar-refractivity contribution < 1.29 is 23.8 Å². The summed E-state index contributed by atoms with van der Waals surface area (Å²) < 4.78 is 17.0. The molecule has 0 saturated heterocycles. The number of nitrogens with zero attached hydrogens (tertiary/aromatic N) is 1. The van der Waals surface area contributed by atoms with Crippen LogP contribution in [0.5, 0.6) is 11.5 Å². The third-order valence-electron chi connectivity index (χ3n) is 4.91. The van der Waals surface area contributed by atoms with Gasteiger partial charge in [0.15, 0.2) is 0 Å². The summed E-state index contributed by atoms with van der Waals surface area (Å²) in [6, 6.07) is 14.2. The average molecular weight is 409 g/mol. The van der Waals surface area contributed by atoms with Crippen molar-refractivity contribution in [3.8, 4) is 23.0 Å². The highest BCUT2D eigenvalue weighted by Gasteiger charge is 2.13. The Morgan fingerprint density at radius 1 is 1.10 bits per heavy atom. The Kier molecular flexibility index (Phi) is 7.12. The highest BCUT2D eigenvalue weighted by Crippen LogP contribution is 2.27. The zero-order chi connectivity index (χ0) is 21.5. The molecule has 0 fully saturated rings. The Morgan fingerprint density at radius 2 is 1.77 bits per heavy atom. The van der Waals surface area contributed by atoms with Gasteiger partial charge in [-0.3, -0.25) is 4.79 Å². The molecule has 0 aliphatic heterocycles. The highest BCUT2D eigenvalue weighted by atomic mass is 16.5. The van der Waals surface area contributed by atoms with Crippen molar-refractivity contribution in [1.82, 2.24) is 4.98 Å². The minimum absolute atomic E-state index is 0.591. The number of carboxylic acid groups (broad SMARTS) is 1. The SMILES string of the molecule is CC(=O)O.COc1ccc(-c2nc(CCOc3ccc4c(c3)CCC4)c(C)o2)cc1. The van der Waals surface area contributed by atoms with Crippen molar-refractivity contribution in [3.63, 3.8) is 0 Å². The molecule has 2 aromatic carbocycles. The van der Waals surface area contributed by atoms with Gasteiger partial charge in [-0.2, -0.15) is 0 Å². The zero-order valence-electron chi connectivity index (χ0n) is 17.6. The summed E-state index contributed by atoms with van der Waals surface area (Å²) in [7, 11) is 1.66. The second-order valence-corrected chi connectivity index (χ2v) is 7.15. The molecule has 0 spiro atoms. The molecule has 0 unspecified atom stereocenters. The molecule has 0 bridgehead atoms. The number of aryl methyl sites for hydroxylation is 3. The number of aromatic nitrogens is 1. The van der Waals surface area contributed by atoms with Crippen LogP contribution in [0.15, 0.2) is 46.9 Å². The fourth-order valence-electron chi connectivity index (χ4n) is 3.42. The Balaban J connectivity index is 0.000000589. The first-order valence-electron chi connectivity index (χ1n) is 10.0. The van der Waals surface area contributed by atoms with E-state index in [-0.39, 0.29) is 0 Å². The molecule has 0 saturated carbocycles. The zero-order valence-corrected chi connectivity index (χ0v) is 17.6. The smallest absolute Gasteiger partial charge is 0.300 e. The van der Waals surface area contributed by atoms with Crippen molar-refractivity contribution >= 4 is 5.97 Å². The van der Waals surface area contributed by atoms with Crippen LogP contribution in [0, 0.1) is 6.92 Å². The number of hydrogen-bond acceptors (Lipinski definition) is 5. The van der Waals surface area contributed by atoms with Crippen LogP contribution in [0.25, 0.3) is 11.5 Å². The van der Waals surface area contributed by atoms with E-state index in [0.717, 1.165) is 41.9 Å². The van der Waals surface area contributed by atoms with E-state index in [0.29, 0.717) is 12.5 Å². The summed E-state index contributed by atoms with van der Waals surface area (Å²) in [5, 5.41) is 7.42. The van der Waals surface area contributed by atoms with Gasteiger partial charge in [-0.1, -0.05) is 6.07 Å². The second kappa shape index (κ2) is 9.96. The predicted octanol–water partition coefficient (Wildman–Crippen LogP) is 4.86. The lowest BCUT2D eigenvalue weighted by atomic mass is 10.1. The molecule has 1 aliphatic rings. The van der Waals surface area contributed by atoms with E-state index < -0.39 is 5.97 Å². The number of ether oxygens (including phenoxy) is 2. The molecule has 0 radical (unpaired) electrons. The lowest BCUT2D eigenvalue weighted by Gasteiger charge is -2.07. The second-order valence-electron chi connectivity index (χ2n) is 7.15. The van der Waals surface area contributed by atoms with E-state index in [1.807, 2.05) is 31.2 Å². The van der Waals surface area contributed by atoms with Gasteiger partial charge in [0.25, 0.3) is 5.97 Å². The Bertz CT molecular complexity index is 987. The maximum Gasteiger partial charge on any atom is 0.300 e. The standard InChI is InChI=1S/C22H23NO3.C2H4O2/c1-15-21(23-22(26-15)17-7-9-19(24-2)10-8-17)12-13-25-20-11-6-16-4-3-5-18(16)14-20;1-2(3)4/h6-11,14H,3-5,12-13H2,1-2H3;1H3,(H,3,4). The lowest BCUT2D eigenvalue weighted by Crippen LogP contribution is -2.03. The van der Waals surface area contributed by atoms with E-state index in [1.54, 1.807) is 7.11 Å². The topological polar surface area (TPSA) is 81.8 Å². The number of oxazole rings is 1. The fraction of sp³-hybridized carbons (Fsp3) is 0.333.